The number of likely N-dealkylation sites (tertiary alicyclic amines) is 1. The van der Waals surface area contributed by atoms with Crippen molar-refractivity contribution in [3.8, 4) is 11.5 Å². The smallest absolute Gasteiger partial charge is 0.222 e. The number of piperidine rings is 1. The molecular weight excluding hydrogens is 254 g/mol. The van der Waals surface area contributed by atoms with Crippen LogP contribution in [0.5, 0.6) is 11.5 Å². The highest BCUT2D eigenvalue weighted by Crippen LogP contribution is 2.31. The van der Waals surface area contributed by atoms with Crippen LogP contribution in [0.15, 0.2) is 18.2 Å². The molecule has 2 heterocycles. The maximum absolute atomic E-state index is 12.1. The minimum atomic E-state index is 0.277. The molecule has 108 valence electrons. The number of carbonyl (C=O) groups excluding carboxylic acids is 1. The van der Waals surface area contributed by atoms with E-state index in [2.05, 4.69) is 0 Å². The summed E-state index contributed by atoms with van der Waals surface area (Å²) < 4.78 is 11.1. The summed E-state index contributed by atoms with van der Waals surface area (Å²) in [6.07, 6.45) is 4.91. The molecule has 0 aliphatic carbocycles. The third-order valence-electron chi connectivity index (χ3n) is 3.94. The molecule has 0 radical (unpaired) electrons. The topological polar surface area (TPSA) is 38.8 Å². The van der Waals surface area contributed by atoms with Crippen LogP contribution in [0.25, 0.3) is 0 Å². The maximum atomic E-state index is 12.1. The van der Waals surface area contributed by atoms with Crippen molar-refractivity contribution in [2.24, 2.45) is 0 Å². The van der Waals surface area contributed by atoms with Gasteiger partial charge in [0.1, 0.15) is 13.2 Å². The molecule has 0 N–H and O–H groups in total. The Labute approximate surface area is 119 Å². The van der Waals surface area contributed by atoms with Gasteiger partial charge >= 0.3 is 0 Å². The second kappa shape index (κ2) is 6.16. The van der Waals surface area contributed by atoms with E-state index in [0.717, 1.165) is 49.4 Å². The largest absolute Gasteiger partial charge is 0.486 e. The van der Waals surface area contributed by atoms with Gasteiger partial charge in [-0.2, -0.15) is 0 Å². The van der Waals surface area contributed by atoms with Gasteiger partial charge in [0.2, 0.25) is 5.91 Å². The standard InChI is InChI=1S/C16H21NO3/c18-16(17-8-2-1-3-9-17)7-5-13-4-6-14-15(12-13)20-11-10-19-14/h4,6,12H,1-3,5,7-11H2. The van der Waals surface area contributed by atoms with Crippen molar-refractivity contribution in [3.05, 3.63) is 23.8 Å². The highest BCUT2D eigenvalue weighted by Gasteiger charge is 2.17. The summed E-state index contributed by atoms with van der Waals surface area (Å²) in [5.74, 6) is 1.89. The van der Waals surface area contributed by atoms with Crippen molar-refractivity contribution in [2.45, 2.75) is 32.1 Å². The predicted octanol–water partition coefficient (Wildman–Crippen LogP) is 2.40. The molecule has 20 heavy (non-hydrogen) atoms. The Morgan fingerprint density at radius 1 is 1.05 bits per heavy atom. The van der Waals surface area contributed by atoms with Crippen LogP contribution < -0.4 is 9.47 Å². The molecule has 2 aliphatic rings. The Hall–Kier alpha value is -1.71. The molecule has 1 aromatic carbocycles. The van der Waals surface area contributed by atoms with Gasteiger partial charge in [-0.3, -0.25) is 4.79 Å². The molecule has 0 bridgehead atoms. The van der Waals surface area contributed by atoms with Crippen molar-refractivity contribution in [2.75, 3.05) is 26.3 Å². The monoisotopic (exact) mass is 275 g/mol. The minimum absolute atomic E-state index is 0.277. The van der Waals surface area contributed by atoms with Crippen LogP contribution in [0.1, 0.15) is 31.2 Å². The number of rotatable bonds is 3. The lowest BCUT2D eigenvalue weighted by molar-refractivity contribution is -0.132. The van der Waals surface area contributed by atoms with Gasteiger partial charge in [0, 0.05) is 19.5 Å². The van der Waals surface area contributed by atoms with Crippen molar-refractivity contribution in [1.29, 1.82) is 0 Å². The van der Waals surface area contributed by atoms with E-state index >= 15 is 0 Å². The third-order valence-corrected chi connectivity index (χ3v) is 3.94. The lowest BCUT2D eigenvalue weighted by Gasteiger charge is -2.26. The van der Waals surface area contributed by atoms with Crippen LogP contribution in [0, 0.1) is 0 Å². The number of benzene rings is 1. The minimum Gasteiger partial charge on any atom is -0.486 e. The number of amides is 1. The van der Waals surface area contributed by atoms with Gasteiger partial charge in [-0.1, -0.05) is 6.07 Å². The first-order chi connectivity index (χ1) is 9.83. The van der Waals surface area contributed by atoms with Crippen LogP contribution in [0.3, 0.4) is 0 Å². The zero-order chi connectivity index (χ0) is 13.8. The molecule has 4 heteroatoms. The Balaban J connectivity index is 1.56. The highest BCUT2D eigenvalue weighted by atomic mass is 16.6. The molecule has 0 saturated carbocycles. The molecular formula is C16H21NO3. The van der Waals surface area contributed by atoms with Crippen LogP contribution in [0.2, 0.25) is 0 Å². The van der Waals surface area contributed by atoms with E-state index in [1.54, 1.807) is 0 Å². The van der Waals surface area contributed by atoms with Gasteiger partial charge in [0.15, 0.2) is 11.5 Å². The first-order valence-electron chi connectivity index (χ1n) is 7.49. The van der Waals surface area contributed by atoms with Gasteiger partial charge in [-0.05, 0) is 43.4 Å². The van der Waals surface area contributed by atoms with Gasteiger partial charge in [0.25, 0.3) is 0 Å². The fourth-order valence-electron chi connectivity index (χ4n) is 2.80. The fourth-order valence-corrected chi connectivity index (χ4v) is 2.80. The molecule has 2 aliphatic heterocycles. The van der Waals surface area contributed by atoms with E-state index in [1.165, 1.54) is 6.42 Å². The average Bonchev–Trinajstić information content (AvgIpc) is 2.53. The van der Waals surface area contributed by atoms with Crippen LogP contribution in [-0.4, -0.2) is 37.1 Å². The number of aryl methyl sites for hydroxylation is 1. The normalized spacial score (nSPS) is 17.9. The molecule has 0 unspecified atom stereocenters. The SMILES string of the molecule is O=C(CCc1ccc2c(c1)OCCO2)N1CCCCC1. The summed E-state index contributed by atoms with van der Waals surface area (Å²) in [5.41, 5.74) is 1.14. The Morgan fingerprint density at radius 2 is 1.80 bits per heavy atom. The van der Waals surface area contributed by atoms with Crippen LogP contribution in [-0.2, 0) is 11.2 Å². The lowest BCUT2D eigenvalue weighted by atomic mass is 10.1. The summed E-state index contributed by atoms with van der Waals surface area (Å²) in [6, 6.07) is 5.96. The summed E-state index contributed by atoms with van der Waals surface area (Å²) in [6.45, 7) is 3.07. The number of fused-ring (bicyclic) bond motifs is 1. The van der Waals surface area contributed by atoms with E-state index in [4.69, 9.17) is 9.47 Å². The van der Waals surface area contributed by atoms with Crippen LogP contribution >= 0.6 is 0 Å². The third kappa shape index (κ3) is 3.06. The maximum Gasteiger partial charge on any atom is 0.222 e. The molecule has 3 rings (SSSR count). The van der Waals surface area contributed by atoms with Crippen LogP contribution in [0.4, 0.5) is 0 Å². The van der Waals surface area contributed by atoms with E-state index < -0.39 is 0 Å². The van der Waals surface area contributed by atoms with E-state index in [1.807, 2.05) is 23.1 Å². The van der Waals surface area contributed by atoms with Gasteiger partial charge in [0.05, 0.1) is 0 Å². The molecule has 1 aromatic rings. The molecule has 0 spiro atoms. The molecule has 0 aromatic heterocycles. The van der Waals surface area contributed by atoms with Crippen molar-refractivity contribution >= 4 is 5.91 Å². The summed E-state index contributed by atoms with van der Waals surface area (Å²) in [4.78, 5) is 14.1. The molecule has 1 amide bonds. The number of nitrogens with zero attached hydrogens (tertiary/aromatic N) is 1. The Bertz CT molecular complexity index is 481. The Kier molecular flexibility index (Phi) is 4.09. The zero-order valence-electron chi connectivity index (χ0n) is 11.8. The lowest BCUT2D eigenvalue weighted by Crippen LogP contribution is -2.35. The highest BCUT2D eigenvalue weighted by molar-refractivity contribution is 5.76. The zero-order valence-corrected chi connectivity index (χ0v) is 11.8. The van der Waals surface area contributed by atoms with E-state index in [-0.39, 0.29) is 5.91 Å². The van der Waals surface area contributed by atoms with Gasteiger partial charge in [-0.25, -0.2) is 0 Å². The summed E-state index contributed by atoms with van der Waals surface area (Å²) in [7, 11) is 0. The van der Waals surface area contributed by atoms with E-state index in [9.17, 15) is 4.79 Å². The molecule has 4 nitrogen and oxygen atoms in total. The number of carbonyl (C=O) groups is 1. The first kappa shape index (κ1) is 13.3. The fraction of sp³-hybridized carbons (Fsp3) is 0.562. The molecule has 0 atom stereocenters. The number of hydrogen-bond acceptors (Lipinski definition) is 3. The molecule has 1 fully saturated rings. The quantitative estimate of drug-likeness (QED) is 0.850. The second-order valence-corrected chi connectivity index (χ2v) is 5.42. The van der Waals surface area contributed by atoms with Crippen molar-refractivity contribution in [1.82, 2.24) is 4.90 Å². The average molecular weight is 275 g/mol. The first-order valence-corrected chi connectivity index (χ1v) is 7.49. The van der Waals surface area contributed by atoms with Gasteiger partial charge < -0.3 is 14.4 Å². The van der Waals surface area contributed by atoms with Crippen molar-refractivity contribution < 1.29 is 14.3 Å². The van der Waals surface area contributed by atoms with E-state index in [0.29, 0.717) is 19.6 Å². The van der Waals surface area contributed by atoms with Crippen molar-refractivity contribution in [3.63, 3.8) is 0 Å². The predicted molar refractivity (Wildman–Crippen MR) is 76.2 cm³/mol. The number of hydrogen-bond donors (Lipinski definition) is 0. The summed E-state index contributed by atoms with van der Waals surface area (Å²) in [5, 5.41) is 0. The summed E-state index contributed by atoms with van der Waals surface area (Å²) >= 11 is 0. The van der Waals surface area contributed by atoms with Gasteiger partial charge in [-0.15, -0.1) is 0 Å². The second-order valence-electron chi connectivity index (χ2n) is 5.42. The number of ether oxygens (including phenoxy) is 2. The Morgan fingerprint density at radius 3 is 2.60 bits per heavy atom. The molecule has 1 saturated heterocycles.